The standard InChI is InChI=1S/C12H13F2N3OS/c1-19-5-4-10(15)12-16-11(17-18-12)7-2-3-8(13)9(14)6-7/h2-3,6,10H,4-5,15H2,1H3. The summed E-state index contributed by atoms with van der Waals surface area (Å²) in [6.07, 6.45) is 2.69. The molecule has 2 N–H and O–H groups in total. The molecule has 102 valence electrons. The van der Waals surface area contributed by atoms with Crippen LogP contribution in [0.4, 0.5) is 8.78 Å². The van der Waals surface area contributed by atoms with Crippen LogP contribution in [-0.2, 0) is 0 Å². The molecular formula is C12H13F2N3OS. The third kappa shape index (κ3) is 3.30. The zero-order valence-electron chi connectivity index (χ0n) is 10.3. The quantitative estimate of drug-likeness (QED) is 0.915. The van der Waals surface area contributed by atoms with Crippen molar-refractivity contribution < 1.29 is 13.3 Å². The highest BCUT2D eigenvalue weighted by Crippen LogP contribution is 2.21. The number of nitrogens with zero attached hydrogens (tertiary/aromatic N) is 2. The summed E-state index contributed by atoms with van der Waals surface area (Å²) in [5.74, 6) is -0.480. The average molecular weight is 285 g/mol. The van der Waals surface area contributed by atoms with Crippen LogP contribution in [0.2, 0.25) is 0 Å². The maximum absolute atomic E-state index is 13.1. The number of hydrogen-bond donors (Lipinski definition) is 1. The molecule has 1 unspecified atom stereocenters. The minimum Gasteiger partial charge on any atom is -0.337 e. The highest BCUT2D eigenvalue weighted by molar-refractivity contribution is 7.98. The van der Waals surface area contributed by atoms with E-state index in [-0.39, 0.29) is 11.9 Å². The molecule has 2 aromatic rings. The molecular weight excluding hydrogens is 272 g/mol. The minimum atomic E-state index is -0.949. The van der Waals surface area contributed by atoms with Crippen molar-refractivity contribution in [3.63, 3.8) is 0 Å². The fraction of sp³-hybridized carbons (Fsp3) is 0.333. The number of aromatic nitrogens is 2. The Balaban J connectivity index is 2.18. The summed E-state index contributed by atoms with van der Waals surface area (Å²) in [6.45, 7) is 0. The summed E-state index contributed by atoms with van der Waals surface area (Å²) in [4.78, 5) is 4.10. The van der Waals surface area contributed by atoms with E-state index >= 15 is 0 Å². The van der Waals surface area contributed by atoms with E-state index in [9.17, 15) is 8.78 Å². The lowest BCUT2D eigenvalue weighted by atomic mass is 10.2. The molecule has 0 saturated heterocycles. The first-order chi connectivity index (χ1) is 9.11. The molecule has 0 aliphatic carbocycles. The predicted molar refractivity (Wildman–Crippen MR) is 69.6 cm³/mol. The van der Waals surface area contributed by atoms with Crippen LogP contribution in [0.5, 0.6) is 0 Å². The first-order valence-corrected chi connectivity index (χ1v) is 7.04. The van der Waals surface area contributed by atoms with Crippen LogP contribution in [0.25, 0.3) is 11.4 Å². The fourth-order valence-corrected chi connectivity index (χ4v) is 2.00. The van der Waals surface area contributed by atoms with Gasteiger partial charge in [0.1, 0.15) is 0 Å². The van der Waals surface area contributed by atoms with Crippen LogP contribution in [-0.4, -0.2) is 22.1 Å². The fourth-order valence-electron chi connectivity index (χ4n) is 1.51. The summed E-state index contributed by atoms with van der Waals surface area (Å²) < 4.78 is 31.0. The van der Waals surface area contributed by atoms with Gasteiger partial charge in [0.25, 0.3) is 0 Å². The van der Waals surface area contributed by atoms with Crippen LogP contribution in [0.1, 0.15) is 18.4 Å². The first kappa shape index (κ1) is 14.0. The van der Waals surface area contributed by atoms with Gasteiger partial charge in [-0.3, -0.25) is 0 Å². The van der Waals surface area contributed by atoms with E-state index in [2.05, 4.69) is 10.1 Å². The van der Waals surface area contributed by atoms with Crippen molar-refractivity contribution in [3.05, 3.63) is 35.7 Å². The van der Waals surface area contributed by atoms with Gasteiger partial charge in [-0.25, -0.2) is 8.78 Å². The maximum atomic E-state index is 13.1. The van der Waals surface area contributed by atoms with Crippen molar-refractivity contribution in [2.24, 2.45) is 5.73 Å². The zero-order chi connectivity index (χ0) is 13.8. The summed E-state index contributed by atoms with van der Waals surface area (Å²) >= 11 is 1.67. The Morgan fingerprint density at radius 2 is 2.16 bits per heavy atom. The van der Waals surface area contributed by atoms with Gasteiger partial charge >= 0.3 is 0 Å². The molecule has 7 heteroatoms. The Kier molecular flexibility index (Phi) is 4.49. The monoisotopic (exact) mass is 285 g/mol. The van der Waals surface area contributed by atoms with E-state index in [1.807, 2.05) is 6.26 Å². The second-order valence-corrected chi connectivity index (χ2v) is 4.96. The minimum absolute atomic E-state index is 0.202. The van der Waals surface area contributed by atoms with Crippen molar-refractivity contribution in [1.82, 2.24) is 10.1 Å². The molecule has 19 heavy (non-hydrogen) atoms. The summed E-state index contributed by atoms with van der Waals surface area (Å²) in [5, 5.41) is 3.72. The van der Waals surface area contributed by atoms with Gasteiger partial charge in [-0.2, -0.15) is 16.7 Å². The van der Waals surface area contributed by atoms with Gasteiger partial charge in [0, 0.05) is 5.56 Å². The Bertz CT molecular complexity index is 562. The Morgan fingerprint density at radius 3 is 2.84 bits per heavy atom. The molecule has 2 rings (SSSR count). The van der Waals surface area contributed by atoms with E-state index in [0.29, 0.717) is 17.9 Å². The third-order valence-corrected chi connectivity index (χ3v) is 3.21. The van der Waals surface area contributed by atoms with Gasteiger partial charge in [-0.1, -0.05) is 5.16 Å². The van der Waals surface area contributed by atoms with E-state index in [0.717, 1.165) is 17.9 Å². The molecule has 0 radical (unpaired) electrons. The Labute approximate surface area is 113 Å². The molecule has 0 aliphatic rings. The molecule has 1 atom stereocenters. The predicted octanol–water partition coefficient (Wildman–Crippen LogP) is 2.77. The van der Waals surface area contributed by atoms with E-state index in [1.165, 1.54) is 6.07 Å². The van der Waals surface area contributed by atoms with E-state index in [1.54, 1.807) is 11.8 Å². The number of rotatable bonds is 5. The van der Waals surface area contributed by atoms with Gasteiger partial charge < -0.3 is 10.3 Å². The van der Waals surface area contributed by atoms with Gasteiger partial charge in [-0.05, 0) is 36.6 Å². The second-order valence-electron chi connectivity index (χ2n) is 3.97. The molecule has 1 aromatic carbocycles. The molecule has 0 aliphatic heterocycles. The molecule has 1 heterocycles. The number of thioether (sulfide) groups is 1. The van der Waals surface area contributed by atoms with Crippen LogP contribution >= 0.6 is 11.8 Å². The third-order valence-electron chi connectivity index (χ3n) is 2.57. The lowest BCUT2D eigenvalue weighted by molar-refractivity contribution is 0.353. The number of nitrogens with two attached hydrogens (primary N) is 1. The van der Waals surface area contributed by atoms with Crippen molar-refractivity contribution in [1.29, 1.82) is 0 Å². The second kappa shape index (κ2) is 6.12. The van der Waals surface area contributed by atoms with Crippen LogP contribution in [0.3, 0.4) is 0 Å². The molecule has 4 nitrogen and oxygen atoms in total. The average Bonchev–Trinajstić information content (AvgIpc) is 2.89. The van der Waals surface area contributed by atoms with Gasteiger partial charge in [0.05, 0.1) is 6.04 Å². The van der Waals surface area contributed by atoms with Crippen molar-refractivity contribution >= 4 is 11.8 Å². The Hall–Kier alpha value is -1.47. The topological polar surface area (TPSA) is 64.9 Å². The number of halogens is 2. The first-order valence-electron chi connectivity index (χ1n) is 5.65. The number of hydrogen-bond acceptors (Lipinski definition) is 5. The van der Waals surface area contributed by atoms with Crippen molar-refractivity contribution in [2.75, 3.05) is 12.0 Å². The van der Waals surface area contributed by atoms with Crippen LogP contribution < -0.4 is 5.73 Å². The molecule has 0 amide bonds. The largest absolute Gasteiger partial charge is 0.337 e. The summed E-state index contributed by atoms with van der Waals surface area (Å²) in [5.41, 5.74) is 6.24. The highest BCUT2D eigenvalue weighted by atomic mass is 32.2. The zero-order valence-corrected chi connectivity index (χ0v) is 11.1. The summed E-state index contributed by atoms with van der Waals surface area (Å²) in [6, 6.07) is 3.09. The van der Waals surface area contributed by atoms with E-state index < -0.39 is 11.6 Å². The SMILES string of the molecule is CSCCC(N)c1nc(-c2ccc(F)c(F)c2)no1. The lowest BCUT2D eigenvalue weighted by Crippen LogP contribution is -2.11. The maximum Gasteiger partial charge on any atom is 0.243 e. The van der Waals surface area contributed by atoms with Gasteiger partial charge in [-0.15, -0.1) is 0 Å². The van der Waals surface area contributed by atoms with Crippen molar-refractivity contribution in [3.8, 4) is 11.4 Å². The molecule has 0 spiro atoms. The van der Waals surface area contributed by atoms with Crippen LogP contribution in [0.15, 0.2) is 22.7 Å². The highest BCUT2D eigenvalue weighted by Gasteiger charge is 2.16. The molecule has 1 aromatic heterocycles. The Morgan fingerprint density at radius 1 is 1.37 bits per heavy atom. The molecule has 0 saturated carbocycles. The van der Waals surface area contributed by atoms with Gasteiger partial charge in [0.2, 0.25) is 11.7 Å². The van der Waals surface area contributed by atoms with Crippen LogP contribution in [0, 0.1) is 11.6 Å². The smallest absolute Gasteiger partial charge is 0.243 e. The van der Waals surface area contributed by atoms with Gasteiger partial charge in [0.15, 0.2) is 11.6 Å². The van der Waals surface area contributed by atoms with E-state index in [4.69, 9.17) is 10.3 Å². The molecule has 0 bridgehead atoms. The summed E-state index contributed by atoms with van der Waals surface area (Å²) in [7, 11) is 0. The van der Waals surface area contributed by atoms with Crippen molar-refractivity contribution in [2.45, 2.75) is 12.5 Å². The normalized spacial score (nSPS) is 12.6. The lowest BCUT2D eigenvalue weighted by Gasteiger charge is -2.03. The molecule has 0 fully saturated rings. The number of benzene rings is 1.